The second kappa shape index (κ2) is 12.8. The lowest BCUT2D eigenvalue weighted by atomic mass is 10.0. The molecule has 12 aromatic rings. The molecule has 8 aromatic carbocycles. The maximum Gasteiger partial charge on any atom is 0.164 e. The van der Waals surface area contributed by atoms with Crippen molar-refractivity contribution in [2.45, 2.75) is 0 Å². The standard InChI is InChI=1S/C51H30N4S2/c1-2-10-31(11-3-1)33-20-25-38-37-12-4-7-15-43(37)55(44(38)29-33)36-23-18-32(19-24-36)49-52-50(34-22-27-47-42(28-34)40-14-6-9-17-46(40)56-47)54-51(53-49)35-21-26-41-39-13-5-8-16-45(39)57-48(41)30-35/h1-30H. The lowest BCUT2D eigenvalue weighted by Crippen LogP contribution is -2.00. The lowest BCUT2D eigenvalue weighted by molar-refractivity contribution is 1.07. The van der Waals surface area contributed by atoms with Crippen LogP contribution in [0.3, 0.4) is 0 Å². The van der Waals surface area contributed by atoms with E-state index in [9.17, 15) is 0 Å². The first kappa shape index (κ1) is 32.3. The molecule has 0 amide bonds. The van der Waals surface area contributed by atoms with Gasteiger partial charge in [-0.15, -0.1) is 22.7 Å². The Bertz CT molecular complexity index is 3520. The van der Waals surface area contributed by atoms with E-state index in [1.54, 1.807) is 11.3 Å². The molecule has 0 aliphatic heterocycles. The predicted molar refractivity (Wildman–Crippen MR) is 242 cm³/mol. The summed E-state index contributed by atoms with van der Waals surface area (Å²) in [4.78, 5) is 15.5. The van der Waals surface area contributed by atoms with Crippen LogP contribution in [-0.4, -0.2) is 19.5 Å². The summed E-state index contributed by atoms with van der Waals surface area (Å²) in [6.07, 6.45) is 0. The topological polar surface area (TPSA) is 43.6 Å². The number of thiophene rings is 2. The number of rotatable bonds is 5. The van der Waals surface area contributed by atoms with Crippen molar-refractivity contribution in [2.24, 2.45) is 0 Å². The second-order valence-corrected chi connectivity index (χ2v) is 16.6. The number of hydrogen-bond acceptors (Lipinski definition) is 5. The van der Waals surface area contributed by atoms with Gasteiger partial charge in [-0.1, -0.05) is 109 Å². The van der Waals surface area contributed by atoms with Gasteiger partial charge in [0.15, 0.2) is 17.5 Å². The summed E-state index contributed by atoms with van der Waals surface area (Å²) >= 11 is 3.62. The Balaban J connectivity index is 1.01. The summed E-state index contributed by atoms with van der Waals surface area (Å²) in [5.74, 6) is 1.95. The van der Waals surface area contributed by atoms with Gasteiger partial charge in [0.2, 0.25) is 0 Å². The van der Waals surface area contributed by atoms with Crippen molar-refractivity contribution >= 4 is 84.8 Å². The Morgan fingerprint density at radius 3 is 1.58 bits per heavy atom. The zero-order chi connectivity index (χ0) is 37.5. The zero-order valence-corrected chi connectivity index (χ0v) is 32.1. The third-order valence-corrected chi connectivity index (χ3v) is 13.4. The lowest BCUT2D eigenvalue weighted by Gasteiger charge is -2.11. The highest BCUT2D eigenvalue weighted by Gasteiger charge is 2.17. The molecule has 0 radical (unpaired) electrons. The van der Waals surface area contributed by atoms with E-state index in [0.29, 0.717) is 17.5 Å². The quantitative estimate of drug-likeness (QED) is 0.175. The molecule has 0 saturated carbocycles. The van der Waals surface area contributed by atoms with Crippen molar-refractivity contribution in [1.82, 2.24) is 19.5 Å². The summed E-state index contributed by atoms with van der Waals surface area (Å²) in [5.41, 5.74) is 8.68. The maximum atomic E-state index is 5.18. The molecule has 12 rings (SSSR count). The Kier molecular flexibility index (Phi) is 7.24. The van der Waals surface area contributed by atoms with Gasteiger partial charge in [-0.2, -0.15) is 0 Å². The minimum Gasteiger partial charge on any atom is -0.309 e. The van der Waals surface area contributed by atoms with E-state index in [4.69, 9.17) is 15.0 Å². The Morgan fingerprint density at radius 1 is 0.298 bits per heavy atom. The summed E-state index contributed by atoms with van der Waals surface area (Å²) < 4.78 is 7.39. The van der Waals surface area contributed by atoms with Crippen molar-refractivity contribution in [3.63, 3.8) is 0 Å². The molecule has 6 heteroatoms. The van der Waals surface area contributed by atoms with Crippen LogP contribution in [0.4, 0.5) is 0 Å². The molecule has 57 heavy (non-hydrogen) atoms. The molecule has 4 heterocycles. The average Bonchev–Trinajstić information content (AvgIpc) is 3.95. The minimum atomic E-state index is 0.641. The smallest absolute Gasteiger partial charge is 0.164 e. The van der Waals surface area contributed by atoms with E-state index in [-0.39, 0.29) is 0 Å². The van der Waals surface area contributed by atoms with Gasteiger partial charge < -0.3 is 4.57 Å². The molecule has 0 aliphatic rings. The summed E-state index contributed by atoms with van der Waals surface area (Å²) in [6.45, 7) is 0. The predicted octanol–water partition coefficient (Wildman–Crippen LogP) is 14.4. The Hall–Kier alpha value is -6.99. The van der Waals surface area contributed by atoms with Crippen LogP contribution in [0, 0.1) is 0 Å². The Morgan fingerprint density at radius 2 is 0.807 bits per heavy atom. The van der Waals surface area contributed by atoms with Crippen molar-refractivity contribution < 1.29 is 0 Å². The van der Waals surface area contributed by atoms with Gasteiger partial charge in [0.25, 0.3) is 0 Å². The van der Waals surface area contributed by atoms with Crippen LogP contribution in [0.25, 0.3) is 113 Å². The molecule has 4 aromatic heterocycles. The van der Waals surface area contributed by atoms with Gasteiger partial charge in [0.05, 0.1) is 11.0 Å². The highest BCUT2D eigenvalue weighted by Crippen LogP contribution is 2.39. The van der Waals surface area contributed by atoms with Gasteiger partial charge in [-0.3, -0.25) is 0 Å². The largest absolute Gasteiger partial charge is 0.309 e. The van der Waals surface area contributed by atoms with E-state index < -0.39 is 0 Å². The zero-order valence-electron chi connectivity index (χ0n) is 30.4. The van der Waals surface area contributed by atoms with E-state index in [1.165, 1.54) is 73.3 Å². The normalized spacial score (nSPS) is 11.9. The monoisotopic (exact) mass is 762 g/mol. The first-order chi connectivity index (χ1) is 28.2. The molecule has 4 nitrogen and oxygen atoms in total. The number of aromatic nitrogens is 4. The molecule has 0 fully saturated rings. The van der Waals surface area contributed by atoms with Gasteiger partial charge in [-0.25, -0.2) is 15.0 Å². The van der Waals surface area contributed by atoms with Crippen LogP contribution in [-0.2, 0) is 0 Å². The average molecular weight is 763 g/mol. The number of benzene rings is 8. The highest BCUT2D eigenvalue weighted by atomic mass is 32.1. The molecular formula is C51H30N4S2. The van der Waals surface area contributed by atoms with Crippen molar-refractivity contribution in [3.05, 3.63) is 182 Å². The molecule has 0 N–H and O–H groups in total. The third-order valence-electron chi connectivity index (χ3n) is 11.1. The van der Waals surface area contributed by atoms with Crippen LogP contribution in [0.5, 0.6) is 0 Å². The third kappa shape index (κ3) is 5.30. The van der Waals surface area contributed by atoms with E-state index in [1.807, 2.05) is 11.3 Å². The molecule has 266 valence electrons. The van der Waals surface area contributed by atoms with E-state index in [0.717, 1.165) is 22.4 Å². The molecule has 0 bridgehead atoms. The number of nitrogens with zero attached hydrogens (tertiary/aromatic N) is 4. The second-order valence-electron chi connectivity index (χ2n) is 14.4. The summed E-state index contributed by atoms with van der Waals surface area (Å²) in [5, 5.41) is 7.45. The first-order valence-corrected chi connectivity index (χ1v) is 20.6. The minimum absolute atomic E-state index is 0.641. The number of hydrogen-bond donors (Lipinski definition) is 0. The SMILES string of the molecule is c1ccc(-c2ccc3c4ccccc4n(-c4ccc(-c5nc(-c6ccc7c(c6)sc6ccccc67)nc(-c6ccc7sc8ccccc8c7c6)n5)cc4)c3c2)cc1. The van der Waals surface area contributed by atoms with Crippen LogP contribution in [0.1, 0.15) is 0 Å². The maximum absolute atomic E-state index is 5.18. The fourth-order valence-electron chi connectivity index (χ4n) is 8.31. The van der Waals surface area contributed by atoms with Gasteiger partial charge in [-0.05, 0) is 83.9 Å². The van der Waals surface area contributed by atoms with Crippen molar-refractivity contribution in [2.75, 3.05) is 0 Å². The van der Waals surface area contributed by atoms with Crippen LogP contribution in [0.15, 0.2) is 182 Å². The van der Waals surface area contributed by atoms with Crippen molar-refractivity contribution in [1.29, 1.82) is 0 Å². The molecule has 0 spiro atoms. The van der Waals surface area contributed by atoms with E-state index >= 15 is 0 Å². The number of fused-ring (bicyclic) bond motifs is 9. The first-order valence-electron chi connectivity index (χ1n) is 19.0. The molecule has 0 atom stereocenters. The van der Waals surface area contributed by atoms with Crippen molar-refractivity contribution in [3.8, 4) is 51.0 Å². The molecule has 0 unspecified atom stereocenters. The van der Waals surface area contributed by atoms with Gasteiger partial charge in [0.1, 0.15) is 0 Å². The van der Waals surface area contributed by atoms with Crippen LogP contribution >= 0.6 is 22.7 Å². The Labute approximate surface area is 335 Å². The van der Waals surface area contributed by atoms with E-state index in [2.05, 4.69) is 187 Å². The molecule has 0 saturated heterocycles. The summed E-state index contributed by atoms with van der Waals surface area (Å²) in [6, 6.07) is 65.0. The van der Waals surface area contributed by atoms with Crippen LogP contribution < -0.4 is 0 Å². The highest BCUT2D eigenvalue weighted by molar-refractivity contribution is 7.26. The molecule has 0 aliphatic carbocycles. The summed E-state index contributed by atoms with van der Waals surface area (Å²) in [7, 11) is 0. The van der Waals surface area contributed by atoms with Crippen LogP contribution in [0.2, 0.25) is 0 Å². The number of para-hydroxylation sites is 1. The fraction of sp³-hybridized carbons (Fsp3) is 0. The van der Waals surface area contributed by atoms with Gasteiger partial charge in [0, 0.05) is 73.5 Å². The van der Waals surface area contributed by atoms with Gasteiger partial charge >= 0.3 is 0 Å². The molecular weight excluding hydrogens is 733 g/mol. The fourth-order valence-corrected chi connectivity index (χ4v) is 10.5.